The first-order chi connectivity index (χ1) is 6.27. The number of rotatable bonds is 2. The van der Waals surface area contributed by atoms with E-state index in [0.29, 0.717) is 0 Å². The average Bonchev–Trinajstić information content (AvgIpc) is 2.18. The predicted octanol–water partition coefficient (Wildman–Crippen LogP) is 1.40. The van der Waals surface area contributed by atoms with Crippen LogP contribution >= 0.6 is 11.8 Å². The van der Waals surface area contributed by atoms with Crippen LogP contribution in [0.5, 0.6) is 0 Å². The van der Waals surface area contributed by atoms with E-state index in [0.717, 1.165) is 10.6 Å². The quantitative estimate of drug-likeness (QED) is 0.290. The van der Waals surface area contributed by atoms with E-state index >= 15 is 0 Å². The van der Waals surface area contributed by atoms with E-state index in [1.54, 1.807) is 11.8 Å². The van der Waals surface area contributed by atoms with Gasteiger partial charge in [0.2, 0.25) is 0 Å². The molecule has 1 aromatic carbocycles. The summed E-state index contributed by atoms with van der Waals surface area (Å²) in [4.78, 5) is 11.9. The Morgan fingerprint density at radius 2 is 2.15 bits per heavy atom. The summed E-state index contributed by atoms with van der Waals surface area (Å²) in [6.07, 6.45) is 1.95. The number of amides is 2. The van der Waals surface area contributed by atoms with Gasteiger partial charge in [0.05, 0.1) is 5.69 Å². The van der Waals surface area contributed by atoms with Crippen molar-refractivity contribution in [3.8, 4) is 0 Å². The van der Waals surface area contributed by atoms with Gasteiger partial charge in [-0.05, 0) is 18.4 Å². The van der Waals surface area contributed by atoms with Crippen LogP contribution in [-0.2, 0) is 0 Å². The maximum Gasteiger partial charge on any atom is 0.333 e. The number of benzene rings is 1. The fourth-order valence-corrected chi connectivity index (χ4v) is 1.46. The number of hydrogen-bond acceptors (Lipinski definition) is 3. The van der Waals surface area contributed by atoms with Crippen LogP contribution in [0.3, 0.4) is 0 Å². The Balaban J connectivity index is 2.81. The zero-order chi connectivity index (χ0) is 9.68. The highest BCUT2D eigenvalue weighted by molar-refractivity contribution is 7.98. The Kier molecular flexibility index (Phi) is 3.60. The van der Waals surface area contributed by atoms with E-state index in [2.05, 4.69) is 5.32 Å². The van der Waals surface area contributed by atoms with Gasteiger partial charge in [-0.3, -0.25) is 5.43 Å². The Morgan fingerprint density at radius 3 is 2.77 bits per heavy atom. The summed E-state index contributed by atoms with van der Waals surface area (Å²) in [5.41, 5.74) is 2.77. The van der Waals surface area contributed by atoms with Crippen LogP contribution in [0.2, 0.25) is 0 Å². The summed E-state index contributed by atoms with van der Waals surface area (Å²) in [6.45, 7) is 0. The molecule has 0 radical (unpaired) electrons. The minimum atomic E-state index is -0.415. The molecule has 0 fully saturated rings. The number of anilines is 1. The Labute approximate surface area is 80.9 Å². The van der Waals surface area contributed by atoms with Crippen molar-refractivity contribution in [1.82, 2.24) is 5.43 Å². The summed E-state index contributed by atoms with van der Waals surface area (Å²) >= 11 is 1.56. The average molecular weight is 197 g/mol. The molecule has 0 bridgehead atoms. The van der Waals surface area contributed by atoms with Gasteiger partial charge in [-0.2, -0.15) is 0 Å². The first-order valence-corrected chi connectivity index (χ1v) is 4.91. The third kappa shape index (κ3) is 2.64. The van der Waals surface area contributed by atoms with Crippen molar-refractivity contribution in [2.24, 2.45) is 5.84 Å². The first kappa shape index (κ1) is 9.88. The van der Waals surface area contributed by atoms with Gasteiger partial charge >= 0.3 is 6.03 Å². The van der Waals surface area contributed by atoms with Gasteiger partial charge in [-0.25, -0.2) is 10.6 Å². The fourth-order valence-electron chi connectivity index (χ4n) is 0.906. The van der Waals surface area contributed by atoms with Crippen LogP contribution in [0.1, 0.15) is 0 Å². The number of nitrogens with two attached hydrogens (primary N) is 1. The molecule has 0 atom stereocenters. The lowest BCUT2D eigenvalue weighted by atomic mass is 10.3. The van der Waals surface area contributed by atoms with Gasteiger partial charge in [0.25, 0.3) is 0 Å². The van der Waals surface area contributed by atoms with Crippen molar-refractivity contribution in [1.29, 1.82) is 0 Å². The Morgan fingerprint density at radius 1 is 1.46 bits per heavy atom. The first-order valence-electron chi connectivity index (χ1n) is 3.68. The monoisotopic (exact) mass is 197 g/mol. The van der Waals surface area contributed by atoms with E-state index in [1.165, 1.54) is 0 Å². The molecule has 0 aliphatic heterocycles. The van der Waals surface area contributed by atoms with Gasteiger partial charge in [0.15, 0.2) is 0 Å². The second-order valence-electron chi connectivity index (χ2n) is 2.30. The molecular formula is C8H11N3OS. The second kappa shape index (κ2) is 4.74. The van der Waals surface area contributed by atoms with Crippen LogP contribution in [-0.4, -0.2) is 12.3 Å². The van der Waals surface area contributed by atoms with E-state index in [4.69, 9.17) is 5.84 Å². The Hall–Kier alpha value is -1.20. The minimum Gasteiger partial charge on any atom is -0.306 e. The molecule has 2 amide bonds. The minimum absolute atomic E-state index is 0.415. The number of carbonyl (C=O) groups is 1. The van der Waals surface area contributed by atoms with Gasteiger partial charge < -0.3 is 5.32 Å². The van der Waals surface area contributed by atoms with Gasteiger partial charge in [0.1, 0.15) is 0 Å². The molecule has 5 heteroatoms. The van der Waals surface area contributed by atoms with E-state index in [-0.39, 0.29) is 0 Å². The summed E-state index contributed by atoms with van der Waals surface area (Å²) < 4.78 is 0. The largest absolute Gasteiger partial charge is 0.333 e. The standard InChI is InChI=1S/C8H11N3OS/c1-13-7-5-3-2-4-6(7)10-8(12)11-9/h2-5H,9H2,1H3,(H2,10,11,12). The van der Waals surface area contributed by atoms with Crippen LogP contribution in [0.15, 0.2) is 29.2 Å². The van der Waals surface area contributed by atoms with E-state index in [1.807, 2.05) is 35.9 Å². The van der Waals surface area contributed by atoms with Crippen molar-refractivity contribution >= 4 is 23.5 Å². The molecule has 0 saturated carbocycles. The maximum atomic E-state index is 10.9. The highest BCUT2D eigenvalue weighted by Gasteiger charge is 2.02. The highest BCUT2D eigenvalue weighted by Crippen LogP contribution is 2.24. The maximum absolute atomic E-state index is 10.9. The smallest absolute Gasteiger partial charge is 0.306 e. The number of urea groups is 1. The number of hydrogen-bond donors (Lipinski definition) is 3. The molecule has 4 nitrogen and oxygen atoms in total. The molecule has 0 saturated heterocycles. The van der Waals surface area contributed by atoms with E-state index in [9.17, 15) is 4.79 Å². The molecule has 1 aromatic rings. The zero-order valence-electron chi connectivity index (χ0n) is 7.20. The summed E-state index contributed by atoms with van der Waals surface area (Å²) in [5.74, 6) is 4.94. The van der Waals surface area contributed by atoms with Crippen LogP contribution < -0.4 is 16.6 Å². The molecule has 4 N–H and O–H groups in total. The molecule has 0 aromatic heterocycles. The molecule has 0 heterocycles. The number of thioether (sulfide) groups is 1. The van der Waals surface area contributed by atoms with Gasteiger partial charge in [0, 0.05) is 4.90 Å². The normalized spacial score (nSPS) is 9.38. The van der Waals surface area contributed by atoms with Crippen LogP contribution in [0, 0.1) is 0 Å². The van der Waals surface area contributed by atoms with Crippen molar-refractivity contribution in [2.75, 3.05) is 11.6 Å². The molecular weight excluding hydrogens is 186 g/mol. The second-order valence-corrected chi connectivity index (χ2v) is 3.15. The molecule has 13 heavy (non-hydrogen) atoms. The number of hydrazine groups is 1. The molecule has 0 aliphatic carbocycles. The third-order valence-corrected chi connectivity index (χ3v) is 2.28. The highest BCUT2D eigenvalue weighted by atomic mass is 32.2. The van der Waals surface area contributed by atoms with Crippen LogP contribution in [0.4, 0.5) is 10.5 Å². The van der Waals surface area contributed by atoms with Crippen molar-refractivity contribution in [3.63, 3.8) is 0 Å². The Bertz CT molecular complexity index is 303. The molecule has 1 rings (SSSR count). The zero-order valence-corrected chi connectivity index (χ0v) is 8.02. The molecule has 0 aliphatic rings. The van der Waals surface area contributed by atoms with Crippen molar-refractivity contribution in [2.45, 2.75) is 4.90 Å². The molecule has 0 spiro atoms. The van der Waals surface area contributed by atoms with Crippen molar-refractivity contribution < 1.29 is 4.79 Å². The number of nitrogens with one attached hydrogen (secondary N) is 2. The lowest BCUT2D eigenvalue weighted by Gasteiger charge is -2.07. The molecule has 70 valence electrons. The number of para-hydroxylation sites is 1. The third-order valence-electron chi connectivity index (χ3n) is 1.49. The van der Waals surface area contributed by atoms with Gasteiger partial charge in [-0.1, -0.05) is 12.1 Å². The van der Waals surface area contributed by atoms with Gasteiger partial charge in [-0.15, -0.1) is 11.8 Å². The summed E-state index contributed by atoms with van der Waals surface area (Å²) in [7, 11) is 0. The van der Waals surface area contributed by atoms with Crippen molar-refractivity contribution in [3.05, 3.63) is 24.3 Å². The predicted molar refractivity (Wildman–Crippen MR) is 54.6 cm³/mol. The SMILES string of the molecule is CSc1ccccc1NC(=O)NN. The topological polar surface area (TPSA) is 67.2 Å². The summed E-state index contributed by atoms with van der Waals surface area (Å²) in [5, 5.41) is 2.62. The summed E-state index contributed by atoms with van der Waals surface area (Å²) in [6, 6.07) is 7.10. The lowest BCUT2D eigenvalue weighted by Crippen LogP contribution is -2.34. The fraction of sp³-hybridized carbons (Fsp3) is 0.125. The lowest BCUT2D eigenvalue weighted by molar-refractivity contribution is 0.252. The number of carbonyl (C=O) groups excluding carboxylic acids is 1. The van der Waals surface area contributed by atoms with Crippen LogP contribution in [0.25, 0.3) is 0 Å². The molecule has 0 unspecified atom stereocenters. The van der Waals surface area contributed by atoms with E-state index < -0.39 is 6.03 Å².